The summed E-state index contributed by atoms with van der Waals surface area (Å²) in [6, 6.07) is 0. The molecule has 0 atom stereocenters. The van der Waals surface area contributed by atoms with Gasteiger partial charge in [-0.2, -0.15) is 0 Å². The van der Waals surface area contributed by atoms with Gasteiger partial charge in [-0.05, 0) is 20.8 Å². The predicted octanol–water partition coefficient (Wildman–Crippen LogP) is 0.423. The summed E-state index contributed by atoms with van der Waals surface area (Å²) < 4.78 is 4.76. The number of rotatable bonds is 5. The van der Waals surface area contributed by atoms with Crippen LogP contribution in [-0.2, 0) is 19.1 Å². The van der Waals surface area contributed by atoms with Gasteiger partial charge in [-0.3, -0.25) is 9.59 Å². The molecule has 5 heteroatoms. The summed E-state index contributed by atoms with van der Waals surface area (Å²) in [5.74, 6) is -1.86. The molecule has 0 aliphatic carbocycles. The Bertz CT molecular complexity index is 271. The fraction of sp³-hybridized carbons (Fsp3) is 0.700. The molecule has 0 bridgehead atoms. The van der Waals surface area contributed by atoms with Gasteiger partial charge in [0.25, 0.3) is 5.91 Å². The monoisotopic (exact) mass is 215 g/mol. The Hall–Kier alpha value is -1.39. The van der Waals surface area contributed by atoms with Crippen LogP contribution in [0.2, 0.25) is 0 Å². The van der Waals surface area contributed by atoms with Gasteiger partial charge in [0.15, 0.2) is 0 Å². The van der Waals surface area contributed by atoms with Crippen molar-refractivity contribution in [2.75, 3.05) is 6.61 Å². The first-order valence-electron chi connectivity index (χ1n) is 4.87. The largest absolute Gasteiger partial charge is 0.464 e. The summed E-state index contributed by atoms with van der Waals surface area (Å²) in [5, 5.41) is 2.33. The molecule has 0 saturated carbocycles. The molecule has 0 aromatic rings. The lowest BCUT2D eigenvalue weighted by molar-refractivity contribution is -0.152. The van der Waals surface area contributed by atoms with Crippen molar-refractivity contribution in [1.29, 1.82) is 0 Å². The van der Waals surface area contributed by atoms with Crippen molar-refractivity contribution in [2.24, 2.45) is 0 Å². The molecular formula is C10H17NO4. The number of hydrogen-bond donors (Lipinski definition) is 1. The topological polar surface area (TPSA) is 72.5 Å². The van der Waals surface area contributed by atoms with Gasteiger partial charge < -0.3 is 10.1 Å². The van der Waals surface area contributed by atoms with Crippen LogP contribution in [-0.4, -0.2) is 29.8 Å². The highest BCUT2D eigenvalue weighted by atomic mass is 16.5. The highest BCUT2D eigenvalue weighted by Crippen LogP contribution is 2.05. The van der Waals surface area contributed by atoms with E-state index in [-0.39, 0.29) is 13.0 Å². The van der Waals surface area contributed by atoms with Crippen LogP contribution in [0.1, 0.15) is 34.1 Å². The van der Waals surface area contributed by atoms with E-state index in [1.54, 1.807) is 13.8 Å². The van der Waals surface area contributed by atoms with E-state index in [1.807, 2.05) is 0 Å². The number of ether oxygens (including phenoxy) is 1. The third kappa shape index (κ3) is 4.10. The molecule has 0 aliphatic rings. The normalized spacial score (nSPS) is 10.7. The van der Waals surface area contributed by atoms with Crippen LogP contribution >= 0.6 is 0 Å². The zero-order valence-electron chi connectivity index (χ0n) is 9.55. The molecule has 5 nitrogen and oxygen atoms in total. The second-order valence-corrected chi connectivity index (χ2v) is 3.58. The fourth-order valence-electron chi connectivity index (χ4n) is 0.877. The quantitative estimate of drug-likeness (QED) is 0.533. The summed E-state index contributed by atoms with van der Waals surface area (Å²) in [5.41, 5.74) is -1.17. The van der Waals surface area contributed by atoms with E-state index in [2.05, 4.69) is 5.32 Å². The van der Waals surface area contributed by atoms with Crippen molar-refractivity contribution >= 4 is 17.7 Å². The van der Waals surface area contributed by atoms with Crippen LogP contribution in [0.25, 0.3) is 0 Å². The lowest BCUT2D eigenvalue weighted by Gasteiger charge is -2.23. The van der Waals surface area contributed by atoms with E-state index in [0.717, 1.165) is 0 Å². The van der Waals surface area contributed by atoms with Crippen LogP contribution in [0, 0.1) is 0 Å². The number of ketones is 1. The molecule has 0 aliphatic heterocycles. The lowest BCUT2D eigenvalue weighted by Crippen LogP contribution is -2.52. The van der Waals surface area contributed by atoms with Crippen LogP contribution < -0.4 is 5.32 Å². The van der Waals surface area contributed by atoms with Crippen LogP contribution in [0.5, 0.6) is 0 Å². The van der Waals surface area contributed by atoms with Gasteiger partial charge in [0.05, 0.1) is 6.61 Å². The fourth-order valence-corrected chi connectivity index (χ4v) is 0.877. The van der Waals surface area contributed by atoms with Gasteiger partial charge in [0.2, 0.25) is 5.78 Å². The first-order chi connectivity index (χ1) is 6.85. The van der Waals surface area contributed by atoms with Crippen molar-refractivity contribution in [3.8, 4) is 0 Å². The maximum absolute atomic E-state index is 11.4. The molecule has 1 amide bonds. The average Bonchev–Trinajstić information content (AvgIpc) is 2.16. The van der Waals surface area contributed by atoms with E-state index < -0.39 is 23.2 Å². The van der Waals surface area contributed by atoms with Gasteiger partial charge in [0.1, 0.15) is 5.54 Å². The highest BCUT2D eigenvalue weighted by molar-refractivity contribution is 6.36. The first kappa shape index (κ1) is 13.6. The third-order valence-corrected chi connectivity index (χ3v) is 1.79. The van der Waals surface area contributed by atoms with Crippen molar-refractivity contribution in [3.05, 3.63) is 0 Å². The Labute approximate surface area is 89.2 Å². The number of Topliss-reactive ketones (excluding diaryl/α,β-unsaturated/α-hetero) is 1. The SMILES string of the molecule is CCOC(=O)C(C)(C)NC(=O)C(=O)CC. The van der Waals surface area contributed by atoms with Crippen molar-refractivity contribution in [2.45, 2.75) is 39.7 Å². The van der Waals surface area contributed by atoms with Crippen LogP contribution in [0.4, 0.5) is 0 Å². The van der Waals surface area contributed by atoms with Crippen molar-refractivity contribution < 1.29 is 19.1 Å². The van der Waals surface area contributed by atoms with E-state index in [0.29, 0.717) is 0 Å². The van der Waals surface area contributed by atoms with E-state index in [1.165, 1.54) is 13.8 Å². The summed E-state index contributed by atoms with van der Waals surface area (Å²) in [6.45, 7) is 6.48. The number of nitrogens with one attached hydrogen (secondary N) is 1. The van der Waals surface area contributed by atoms with E-state index >= 15 is 0 Å². The Kier molecular flexibility index (Phi) is 4.97. The molecule has 0 aromatic carbocycles. The molecule has 0 spiro atoms. The predicted molar refractivity (Wildman–Crippen MR) is 54.2 cm³/mol. The van der Waals surface area contributed by atoms with Gasteiger partial charge in [-0.15, -0.1) is 0 Å². The molecular weight excluding hydrogens is 198 g/mol. The van der Waals surface area contributed by atoms with E-state index in [9.17, 15) is 14.4 Å². The third-order valence-electron chi connectivity index (χ3n) is 1.79. The molecule has 1 N–H and O–H groups in total. The van der Waals surface area contributed by atoms with E-state index in [4.69, 9.17) is 4.74 Å². The molecule has 86 valence electrons. The minimum atomic E-state index is -1.17. The van der Waals surface area contributed by atoms with Crippen molar-refractivity contribution in [1.82, 2.24) is 5.32 Å². The van der Waals surface area contributed by atoms with Gasteiger partial charge in [0, 0.05) is 6.42 Å². The highest BCUT2D eigenvalue weighted by Gasteiger charge is 2.32. The van der Waals surface area contributed by atoms with Crippen LogP contribution in [0.3, 0.4) is 0 Å². The molecule has 0 heterocycles. The Morgan fingerprint density at radius 3 is 2.13 bits per heavy atom. The lowest BCUT2D eigenvalue weighted by atomic mass is 10.1. The minimum Gasteiger partial charge on any atom is -0.464 e. The second-order valence-electron chi connectivity index (χ2n) is 3.58. The number of carbonyl (C=O) groups is 3. The number of esters is 1. The standard InChI is InChI=1S/C10H17NO4/c1-5-7(12)8(13)11-10(3,4)9(14)15-6-2/h5-6H2,1-4H3,(H,11,13). The molecule has 0 aromatic heterocycles. The smallest absolute Gasteiger partial charge is 0.331 e. The maximum atomic E-state index is 11.4. The molecule has 0 radical (unpaired) electrons. The van der Waals surface area contributed by atoms with Gasteiger partial charge in [-0.1, -0.05) is 6.92 Å². The Balaban J connectivity index is 4.43. The maximum Gasteiger partial charge on any atom is 0.331 e. The molecule has 0 fully saturated rings. The molecule has 0 saturated heterocycles. The average molecular weight is 215 g/mol. The Morgan fingerprint density at radius 2 is 1.73 bits per heavy atom. The summed E-state index contributed by atoms with van der Waals surface area (Å²) >= 11 is 0. The molecule has 0 unspecified atom stereocenters. The van der Waals surface area contributed by atoms with Crippen molar-refractivity contribution in [3.63, 3.8) is 0 Å². The first-order valence-corrected chi connectivity index (χ1v) is 4.87. The van der Waals surface area contributed by atoms with Crippen LogP contribution in [0.15, 0.2) is 0 Å². The zero-order chi connectivity index (χ0) is 12.1. The summed E-state index contributed by atoms with van der Waals surface area (Å²) in [6.07, 6.45) is 0.116. The molecule has 15 heavy (non-hydrogen) atoms. The summed E-state index contributed by atoms with van der Waals surface area (Å²) in [7, 11) is 0. The Morgan fingerprint density at radius 1 is 1.20 bits per heavy atom. The molecule has 0 rings (SSSR count). The van der Waals surface area contributed by atoms with Gasteiger partial charge >= 0.3 is 5.97 Å². The number of amides is 1. The zero-order valence-corrected chi connectivity index (χ0v) is 9.55. The second kappa shape index (κ2) is 5.48. The summed E-state index contributed by atoms with van der Waals surface area (Å²) in [4.78, 5) is 33.6. The van der Waals surface area contributed by atoms with Gasteiger partial charge in [-0.25, -0.2) is 4.79 Å². The number of carbonyl (C=O) groups excluding carboxylic acids is 3. The number of hydrogen-bond acceptors (Lipinski definition) is 4. The minimum absolute atomic E-state index is 0.116.